The summed E-state index contributed by atoms with van der Waals surface area (Å²) in [5.41, 5.74) is 0. The third-order valence-corrected chi connectivity index (χ3v) is 5.69. The van der Waals surface area contributed by atoms with E-state index < -0.39 is 0 Å². The van der Waals surface area contributed by atoms with Gasteiger partial charge in [-0.1, -0.05) is 12.8 Å². The maximum absolute atomic E-state index is 12.6. The molecule has 0 aromatic heterocycles. The molecule has 4 atom stereocenters. The fraction of sp³-hybridized carbons (Fsp3) is 0.938. The minimum Gasteiger partial charge on any atom is -0.393 e. The van der Waals surface area contributed by atoms with Crippen LogP contribution in [0.2, 0.25) is 0 Å². The van der Waals surface area contributed by atoms with Crippen molar-refractivity contribution < 1.29 is 9.90 Å². The molecule has 3 rings (SSSR count). The lowest BCUT2D eigenvalue weighted by Gasteiger charge is -2.34. The van der Waals surface area contributed by atoms with E-state index in [0.29, 0.717) is 17.9 Å². The number of amides is 1. The largest absolute Gasteiger partial charge is 0.393 e. The topological polar surface area (TPSA) is 52.6 Å². The molecule has 1 aliphatic carbocycles. The Labute approximate surface area is 121 Å². The molecule has 0 unspecified atom stereocenters. The van der Waals surface area contributed by atoms with Crippen molar-refractivity contribution in [1.82, 2.24) is 10.2 Å². The molecule has 0 aromatic carbocycles. The van der Waals surface area contributed by atoms with Crippen LogP contribution in [0.3, 0.4) is 0 Å². The second-order valence-electron chi connectivity index (χ2n) is 7.01. The molecule has 0 spiro atoms. The van der Waals surface area contributed by atoms with Gasteiger partial charge in [0.1, 0.15) is 0 Å². The van der Waals surface area contributed by atoms with Crippen LogP contribution in [-0.2, 0) is 4.79 Å². The second kappa shape index (κ2) is 6.02. The molecule has 20 heavy (non-hydrogen) atoms. The summed E-state index contributed by atoms with van der Waals surface area (Å²) in [4.78, 5) is 14.6. The molecule has 2 aliphatic heterocycles. The monoisotopic (exact) mass is 280 g/mol. The van der Waals surface area contributed by atoms with Crippen LogP contribution in [0.25, 0.3) is 0 Å². The number of hydrogen-bond donors (Lipinski definition) is 2. The minimum atomic E-state index is -0.236. The number of fused-ring (bicyclic) bond motifs is 1. The lowest BCUT2D eigenvalue weighted by Crippen LogP contribution is -2.49. The molecule has 3 fully saturated rings. The highest BCUT2D eigenvalue weighted by atomic mass is 16.3. The summed E-state index contributed by atoms with van der Waals surface area (Å²) in [5, 5.41) is 13.2. The summed E-state index contributed by atoms with van der Waals surface area (Å²) >= 11 is 0. The van der Waals surface area contributed by atoms with Gasteiger partial charge in [-0.15, -0.1) is 0 Å². The number of rotatable bonds is 2. The number of likely N-dealkylation sites (tertiary alicyclic amines) is 1. The molecule has 0 radical (unpaired) electrons. The molecular weight excluding hydrogens is 252 g/mol. The van der Waals surface area contributed by atoms with Crippen LogP contribution < -0.4 is 5.32 Å². The molecule has 2 heterocycles. The Hall–Kier alpha value is -0.610. The van der Waals surface area contributed by atoms with Gasteiger partial charge in [-0.3, -0.25) is 4.79 Å². The zero-order valence-corrected chi connectivity index (χ0v) is 12.6. The molecule has 1 amide bonds. The van der Waals surface area contributed by atoms with Gasteiger partial charge in [0.05, 0.1) is 12.1 Å². The maximum atomic E-state index is 12.6. The Kier molecular flexibility index (Phi) is 4.32. The van der Waals surface area contributed by atoms with Crippen LogP contribution >= 0.6 is 0 Å². The average Bonchev–Trinajstić information content (AvgIpc) is 2.90. The van der Waals surface area contributed by atoms with Gasteiger partial charge in [0.25, 0.3) is 0 Å². The zero-order valence-electron chi connectivity index (χ0n) is 12.6. The smallest absolute Gasteiger partial charge is 0.239 e. The molecule has 3 aliphatic rings. The quantitative estimate of drug-likeness (QED) is 0.806. The summed E-state index contributed by atoms with van der Waals surface area (Å²) in [6.07, 6.45) is 7.90. The van der Waals surface area contributed by atoms with E-state index in [4.69, 9.17) is 0 Å². The number of hydrogen-bond acceptors (Lipinski definition) is 3. The van der Waals surface area contributed by atoms with E-state index in [2.05, 4.69) is 5.32 Å². The number of carbonyl (C=O) groups excluding carboxylic acids is 1. The van der Waals surface area contributed by atoms with Gasteiger partial charge in [0.2, 0.25) is 5.91 Å². The van der Waals surface area contributed by atoms with Crippen molar-refractivity contribution in [1.29, 1.82) is 0 Å². The number of carbonyl (C=O) groups is 1. The standard InChI is InChI=1S/C16H28N2O2/c1-11(19)12-6-8-18(9-7-12)16(20)15-10-13-4-2-3-5-14(13)17-15/h11-15,17,19H,2-10H2,1H3/t11-,13-,14+,15-/m0/s1. The Balaban J connectivity index is 1.52. The number of aliphatic hydroxyl groups is 1. The molecule has 4 heteroatoms. The highest BCUT2D eigenvalue weighted by Crippen LogP contribution is 2.34. The fourth-order valence-electron chi connectivity index (χ4n) is 4.33. The number of aliphatic hydroxyl groups excluding tert-OH is 1. The van der Waals surface area contributed by atoms with E-state index in [-0.39, 0.29) is 12.1 Å². The summed E-state index contributed by atoms with van der Waals surface area (Å²) in [7, 11) is 0. The number of nitrogens with one attached hydrogen (secondary N) is 1. The molecule has 2 N–H and O–H groups in total. The van der Waals surface area contributed by atoms with Crippen molar-refractivity contribution in [3.8, 4) is 0 Å². The van der Waals surface area contributed by atoms with Gasteiger partial charge < -0.3 is 15.3 Å². The van der Waals surface area contributed by atoms with E-state index in [9.17, 15) is 9.90 Å². The van der Waals surface area contributed by atoms with Crippen LogP contribution in [-0.4, -0.2) is 47.2 Å². The van der Waals surface area contributed by atoms with Gasteiger partial charge in [0.15, 0.2) is 0 Å². The van der Waals surface area contributed by atoms with Crippen molar-refractivity contribution in [2.45, 2.75) is 70.1 Å². The summed E-state index contributed by atoms with van der Waals surface area (Å²) in [6.45, 7) is 3.51. The molecule has 4 nitrogen and oxygen atoms in total. The van der Waals surface area contributed by atoms with Crippen molar-refractivity contribution in [2.75, 3.05) is 13.1 Å². The van der Waals surface area contributed by atoms with E-state index >= 15 is 0 Å². The SMILES string of the molecule is C[C@H](O)C1CCN(C(=O)[C@@H]2C[C@@H]3CCCC[C@H]3N2)CC1. The predicted octanol–water partition coefficient (Wildman–Crippen LogP) is 1.53. The van der Waals surface area contributed by atoms with Gasteiger partial charge in [-0.05, 0) is 50.9 Å². The van der Waals surface area contributed by atoms with Crippen LogP contribution in [0.4, 0.5) is 0 Å². The highest BCUT2D eigenvalue weighted by molar-refractivity contribution is 5.82. The third kappa shape index (κ3) is 2.86. The van der Waals surface area contributed by atoms with E-state index in [1.165, 1.54) is 25.7 Å². The van der Waals surface area contributed by atoms with E-state index in [1.807, 2.05) is 11.8 Å². The van der Waals surface area contributed by atoms with E-state index in [1.54, 1.807) is 0 Å². The average molecular weight is 280 g/mol. The lowest BCUT2D eigenvalue weighted by molar-refractivity contribution is -0.135. The molecule has 114 valence electrons. The Bertz CT molecular complexity index is 336. The summed E-state index contributed by atoms with van der Waals surface area (Å²) in [5.74, 6) is 1.41. The molecular formula is C16H28N2O2. The third-order valence-electron chi connectivity index (χ3n) is 5.69. The Morgan fingerprint density at radius 3 is 2.55 bits per heavy atom. The van der Waals surface area contributed by atoms with Gasteiger partial charge in [-0.2, -0.15) is 0 Å². The molecule has 0 aromatic rings. The second-order valence-corrected chi connectivity index (χ2v) is 7.01. The van der Waals surface area contributed by atoms with Crippen molar-refractivity contribution in [3.63, 3.8) is 0 Å². The Morgan fingerprint density at radius 2 is 1.90 bits per heavy atom. The van der Waals surface area contributed by atoms with Gasteiger partial charge in [0, 0.05) is 19.1 Å². The predicted molar refractivity (Wildman–Crippen MR) is 78.3 cm³/mol. The summed E-state index contributed by atoms with van der Waals surface area (Å²) in [6, 6.07) is 0.652. The number of nitrogens with zero attached hydrogens (tertiary/aromatic N) is 1. The first kappa shape index (κ1) is 14.3. The first-order valence-electron chi connectivity index (χ1n) is 8.38. The van der Waals surface area contributed by atoms with Crippen molar-refractivity contribution in [2.24, 2.45) is 11.8 Å². The number of piperidine rings is 1. The first-order valence-corrected chi connectivity index (χ1v) is 8.38. The van der Waals surface area contributed by atoms with Crippen LogP contribution in [0.15, 0.2) is 0 Å². The Morgan fingerprint density at radius 1 is 1.20 bits per heavy atom. The molecule has 0 bridgehead atoms. The zero-order chi connectivity index (χ0) is 14.1. The molecule has 1 saturated carbocycles. The van der Waals surface area contributed by atoms with Gasteiger partial charge >= 0.3 is 0 Å². The van der Waals surface area contributed by atoms with Crippen LogP contribution in [0.5, 0.6) is 0 Å². The first-order chi connectivity index (χ1) is 9.65. The normalized spacial score (nSPS) is 36.7. The van der Waals surface area contributed by atoms with Crippen molar-refractivity contribution in [3.05, 3.63) is 0 Å². The maximum Gasteiger partial charge on any atom is 0.239 e. The highest BCUT2D eigenvalue weighted by Gasteiger charge is 2.40. The van der Waals surface area contributed by atoms with Crippen LogP contribution in [0.1, 0.15) is 51.9 Å². The summed E-state index contributed by atoms with van der Waals surface area (Å²) < 4.78 is 0. The minimum absolute atomic E-state index is 0.0613. The van der Waals surface area contributed by atoms with E-state index in [0.717, 1.165) is 38.3 Å². The van der Waals surface area contributed by atoms with Gasteiger partial charge in [-0.25, -0.2) is 0 Å². The lowest BCUT2D eigenvalue weighted by atomic mass is 9.85. The fourth-order valence-corrected chi connectivity index (χ4v) is 4.33. The van der Waals surface area contributed by atoms with Crippen molar-refractivity contribution >= 4 is 5.91 Å². The molecule has 2 saturated heterocycles. The van der Waals surface area contributed by atoms with Crippen LogP contribution in [0, 0.1) is 11.8 Å².